The topological polar surface area (TPSA) is 35.1 Å². The lowest BCUT2D eigenvalue weighted by Crippen LogP contribution is -2.41. The van der Waals surface area contributed by atoms with E-state index in [1.807, 2.05) is 0 Å². The molecule has 144 valence electrons. The Bertz CT molecular complexity index is 494. The molecule has 0 spiro atoms. The van der Waals surface area contributed by atoms with Crippen LogP contribution >= 0.6 is 0 Å². The Morgan fingerprint density at radius 2 is 1.60 bits per heavy atom. The van der Waals surface area contributed by atoms with Crippen LogP contribution in [0.15, 0.2) is 6.07 Å². The molecule has 0 saturated carbocycles. The Balaban J connectivity index is 2.19. The molecule has 0 bridgehead atoms. The monoisotopic (exact) mass is 351 g/mol. The zero-order valence-corrected chi connectivity index (χ0v) is 17.0. The minimum Gasteiger partial charge on any atom is -0.469 e. The number of nitrogens with zero attached hydrogens (tertiary/aromatic N) is 2. The SMILES string of the molecule is CCCCCCc1cc(CCCCCCCCC(=O)OC)n(C)[n+]1C. The second-order valence-corrected chi connectivity index (χ2v) is 7.18. The molecule has 1 rings (SSSR count). The van der Waals surface area contributed by atoms with Gasteiger partial charge in [-0.15, -0.1) is 4.68 Å². The number of ether oxygens (including phenoxy) is 1. The molecule has 0 saturated heterocycles. The summed E-state index contributed by atoms with van der Waals surface area (Å²) in [6.45, 7) is 2.26. The highest BCUT2D eigenvalue weighted by Gasteiger charge is 2.15. The quantitative estimate of drug-likeness (QED) is 0.282. The van der Waals surface area contributed by atoms with E-state index in [1.54, 1.807) is 0 Å². The third kappa shape index (κ3) is 8.55. The van der Waals surface area contributed by atoms with Gasteiger partial charge in [-0.2, -0.15) is 4.68 Å². The number of methoxy groups -OCH3 is 1. The Morgan fingerprint density at radius 1 is 1.00 bits per heavy atom. The van der Waals surface area contributed by atoms with Gasteiger partial charge in [0.1, 0.15) is 0 Å². The lowest BCUT2D eigenvalue weighted by Gasteiger charge is -2.02. The highest BCUT2D eigenvalue weighted by molar-refractivity contribution is 5.68. The van der Waals surface area contributed by atoms with E-state index in [1.165, 1.54) is 82.7 Å². The fourth-order valence-corrected chi connectivity index (χ4v) is 3.35. The summed E-state index contributed by atoms with van der Waals surface area (Å²) in [6.07, 6.45) is 15.3. The lowest BCUT2D eigenvalue weighted by molar-refractivity contribution is -0.758. The van der Waals surface area contributed by atoms with Crippen LogP contribution in [0.2, 0.25) is 0 Å². The molecule has 4 nitrogen and oxygen atoms in total. The molecule has 1 aromatic heterocycles. The summed E-state index contributed by atoms with van der Waals surface area (Å²) in [5, 5.41) is 0. The van der Waals surface area contributed by atoms with Crippen molar-refractivity contribution in [1.82, 2.24) is 4.68 Å². The molecule has 0 aromatic carbocycles. The largest absolute Gasteiger partial charge is 0.469 e. The van der Waals surface area contributed by atoms with Crippen molar-refractivity contribution in [2.45, 2.75) is 90.4 Å². The molecule has 1 aromatic rings. The zero-order chi connectivity index (χ0) is 18.5. The molecule has 0 amide bonds. The van der Waals surface area contributed by atoms with Gasteiger partial charge in [0.25, 0.3) is 0 Å². The van der Waals surface area contributed by atoms with Gasteiger partial charge in [0.2, 0.25) is 5.69 Å². The average molecular weight is 352 g/mol. The van der Waals surface area contributed by atoms with Crippen molar-refractivity contribution >= 4 is 5.97 Å². The molecule has 4 heteroatoms. The maximum atomic E-state index is 11.0. The Hall–Kier alpha value is -1.32. The number of carbonyl (C=O) groups excluding carboxylic acids is 1. The first-order valence-electron chi connectivity index (χ1n) is 10.2. The maximum Gasteiger partial charge on any atom is 0.305 e. The zero-order valence-electron chi connectivity index (χ0n) is 17.0. The van der Waals surface area contributed by atoms with E-state index in [2.05, 4.69) is 41.2 Å². The Kier molecular flexibility index (Phi) is 11.3. The van der Waals surface area contributed by atoms with E-state index in [4.69, 9.17) is 0 Å². The van der Waals surface area contributed by atoms with Crippen molar-refractivity contribution in [1.29, 1.82) is 0 Å². The van der Waals surface area contributed by atoms with Crippen LogP contribution in [0, 0.1) is 0 Å². The Morgan fingerprint density at radius 3 is 2.28 bits per heavy atom. The van der Waals surface area contributed by atoms with Gasteiger partial charge in [0, 0.05) is 18.9 Å². The summed E-state index contributed by atoms with van der Waals surface area (Å²) < 4.78 is 9.28. The molecule has 0 aliphatic heterocycles. The summed E-state index contributed by atoms with van der Waals surface area (Å²) in [5.74, 6) is -0.0814. The third-order valence-corrected chi connectivity index (χ3v) is 5.19. The lowest BCUT2D eigenvalue weighted by atomic mass is 10.1. The van der Waals surface area contributed by atoms with E-state index >= 15 is 0 Å². The fourth-order valence-electron chi connectivity index (χ4n) is 3.35. The maximum absolute atomic E-state index is 11.0. The van der Waals surface area contributed by atoms with Gasteiger partial charge < -0.3 is 4.74 Å². The number of aryl methyl sites for hydroxylation is 2. The molecule has 0 unspecified atom stereocenters. The van der Waals surface area contributed by atoms with E-state index in [-0.39, 0.29) is 5.97 Å². The molecule has 0 N–H and O–H groups in total. The van der Waals surface area contributed by atoms with Gasteiger partial charge in [-0.1, -0.05) is 51.9 Å². The standard InChI is InChI=1S/C21H39N2O2/c1-5-6-7-12-15-19-18-20(23(3)22(19)2)16-13-10-8-9-11-14-17-21(24)25-4/h18H,5-17H2,1-4H3/q+1. The van der Waals surface area contributed by atoms with Crippen molar-refractivity contribution in [2.75, 3.05) is 7.11 Å². The van der Waals surface area contributed by atoms with Crippen LogP contribution < -0.4 is 4.68 Å². The second kappa shape index (κ2) is 13.0. The summed E-state index contributed by atoms with van der Waals surface area (Å²) in [4.78, 5) is 11.0. The number of aromatic nitrogens is 2. The van der Waals surface area contributed by atoms with Gasteiger partial charge in [-0.25, -0.2) is 0 Å². The molecular weight excluding hydrogens is 312 g/mol. The molecule has 0 radical (unpaired) electrons. The van der Waals surface area contributed by atoms with E-state index in [0.717, 1.165) is 12.8 Å². The smallest absolute Gasteiger partial charge is 0.305 e. The number of hydrogen-bond donors (Lipinski definition) is 0. The van der Waals surface area contributed by atoms with Crippen LogP contribution in [-0.4, -0.2) is 17.8 Å². The minimum atomic E-state index is -0.0814. The van der Waals surface area contributed by atoms with Crippen LogP contribution in [0.5, 0.6) is 0 Å². The predicted molar refractivity (Wildman–Crippen MR) is 102 cm³/mol. The van der Waals surface area contributed by atoms with Crippen LogP contribution in [0.4, 0.5) is 0 Å². The fraction of sp³-hybridized carbons (Fsp3) is 0.810. The number of hydrogen-bond acceptors (Lipinski definition) is 2. The van der Waals surface area contributed by atoms with Crippen molar-refractivity contribution < 1.29 is 14.2 Å². The predicted octanol–water partition coefficient (Wildman–Crippen LogP) is 4.42. The normalized spacial score (nSPS) is 11.0. The summed E-state index contributed by atoms with van der Waals surface area (Å²) >= 11 is 0. The van der Waals surface area contributed by atoms with Crippen LogP contribution in [0.3, 0.4) is 0 Å². The summed E-state index contributed by atoms with van der Waals surface area (Å²) in [5.41, 5.74) is 2.93. The highest BCUT2D eigenvalue weighted by Crippen LogP contribution is 2.12. The Labute approximate surface area is 154 Å². The summed E-state index contributed by atoms with van der Waals surface area (Å²) in [7, 11) is 5.82. The number of rotatable bonds is 14. The molecule has 1 heterocycles. The van der Waals surface area contributed by atoms with Crippen LogP contribution in [0.25, 0.3) is 0 Å². The highest BCUT2D eigenvalue weighted by atomic mass is 16.5. The molecule has 25 heavy (non-hydrogen) atoms. The van der Waals surface area contributed by atoms with Crippen molar-refractivity contribution in [3.05, 3.63) is 17.5 Å². The average Bonchev–Trinajstić information content (AvgIpc) is 2.88. The molecule has 0 aliphatic carbocycles. The summed E-state index contributed by atoms with van der Waals surface area (Å²) in [6, 6.07) is 2.41. The molecule has 0 fully saturated rings. The number of carbonyl (C=O) groups is 1. The van der Waals surface area contributed by atoms with Crippen LogP contribution in [0.1, 0.15) is 88.9 Å². The van der Waals surface area contributed by atoms with E-state index < -0.39 is 0 Å². The molecular formula is C21H39N2O2+. The van der Waals surface area contributed by atoms with Gasteiger partial charge in [0.05, 0.1) is 19.9 Å². The van der Waals surface area contributed by atoms with E-state index in [9.17, 15) is 4.79 Å². The number of unbranched alkanes of at least 4 members (excludes halogenated alkanes) is 8. The number of esters is 1. The van der Waals surface area contributed by atoms with Crippen molar-refractivity contribution in [3.8, 4) is 0 Å². The first kappa shape index (κ1) is 21.7. The molecule has 0 atom stereocenters. The molecule has 0 aliphatic rings. The first-order chi connectivity index (χ1) is 12.1. The van der Waals surface area contributed by atoms with Crippen molar-refractivity contribution in [2.24, 2.45) is 14.1 Å². The first-order valence-corrected chi connectivity index (χ1v) is 10.2. The minimum absolute atomic E-state index is 0.0814. The van der Waals surface area contributed by atoms with Gasteiger partial charge >= 0.3 is 5.97 Å². The van der Waals surface area contributed by atoms with E-state index in [0.29, 0.717) is 6.42 Å². The van der Waals surface area contributed by atoms with Gasteiger partial charge in [-0.05, 0) is 25.7 Å². The van der Waals surface area contributed by atoms with Crippen molar-refractivity contribution in [3.63, 3.8) is 0 Å². The third-order valence-electron chi connectivity index (χ3n) is 5.19. The van der Waals surface area contributed by atoms with Gasteiger partial charge in [-0.3, -0.25) is 4.79 Å². The van der Waals surface area contributed by atoms with Crippen LogP contribution in [-0.2, 0) is 36.5 Å². The van der Waals surface area contributed by atoms with Gasteiger partial charge in [0.15, 0.2) is 7.05 Å². The second-order valence-electron chi connectivity index (χ2n) is 7.18.